The fraction of sp³-hybridized carbons (Fsp3) is 0.520. The third-order valence-electron chi connectivity index (χ3n) is 6.64. The van der Waals surface area contributed by atoms with Crippen molar-refractivity contribution in [1.82, 2.24) is 4.57 Å². The highest BCUT2D eigenvalue weighted by Gasteiger charge is 2.37. The van der Waals surface area contributed by atoms with Crippen molar-refractivity contribution in [3.05, 3.63) is 34.1 Å². The van der Waals surface area contributed by atoms with Crippen LogP contribution in [0.2, 0.25) is 5.82 Å². The second kappa shape index (κ2) is 12.1. The van der Waals surface area contributed by atoms with E-state index >= 15 is 0 Å². The van der Waals surface area contributed by atoms with Crippen LogP contribution in [0, 0.1) is 5.92 Å². The minimum atomic E-state index is -1.91. The van der Waals surface area contributed by atoms with Crippen LogP contribution in [0.4, 0.5) is 5.69 Å². The molecule has 1 aromatic heterocycles. The average molecular weight is 540 g/mol. The number of hydrogen-bond donors (Lipinski definition) is 1. The van der Waals surface area contributed by atoms with E-state index in [1.54, 1.807) is 20.7 Å². The van der Waals surface area contributed by atoms with Gasteiger partial charge in [-0.15, -0.1) is 0 Å². The summed E-state index contributed by atoms with van der Waals surface area (Å²) in [5, 5.41) is 0.271. The number of anilines is 1. The zero-order chi connectivity index (χ0) is 28.3. The lowest BCUT2D eigenvalue weighted by molar-refractivity contribution is -0.139. The number of rotatable bonds is 10. The van der Waals surface area contributed by atoms with Gasteiger partial charge in [0.1, 0.15) is 5.56 Å². The lowest BCUT2D eigenvalue weighted by atomic mass is 9.72. The van der Waals surface area contributed by atoms with Gasteiger partial charge in [0.15, 0.2) is 5.75 Å². The number of methoxy groups -OCH3 is 1. The fourth-order valence-electron chi connectivity index (χ4n) is 5.02. The number of nitrogens with two attached hydrogens (primary N) is 1. The minimum absolute atomic E-state index is 0.0563. The highest BCUT2D eigenvalue weighted by Crippen LogP contribution is 2.43. The number of aromatic nitrogens is 1. The van der Waals surface area contributed by atoms with Gasteiger partial charge in [0.25, 0.3) is 19.4 Å². The van der Waals surface area contributed by atoms with Gasteiger partial charge in [-0.2, -0.15) is 0 Å². The molecule has 0 bridgehead atoms. The van der Waals surface area contributed by atoms with E-state index in [-0.39, 0.29) is 29.5 Å². The van der Waals surface area contributed by atoms with Crippen molar-refractivity contribution in [3.63, 3.8) is 0 Å². The average Bonchev–Trinajstić information content (AvgIpc) is 3.71. The van der Waals surface area contributed by atoms with Crippen LogP contribution in [-0.4, -0.2) is 64.2 Å². The largest absolute Gasteiger partial charge is 0.870 e. The Bertz CT molecular complexity index is 1300. The number of carbonyl (C=O) groups is 3. The number of hydrogen-bond acceptors (Lipinski definition) is 11. The fourth-order valence-corrected chi connectivity index (χ4v) is 5.02. The molecule has 2 heterocycles. The molecular weight excluding hydrogens is 508 g/mol. The molecule has 1 unspecified atom stereocenters. The van der Waals surface area contributed by atoms with E-state index in [4.69, 9.17) is 29.1 Å². The van der Waals surface area contributed by atoms with Crippen LogP contribution >= 0.6 is 0 Å². The van der Waals surface area contributed by atoms with Gasteiger partial charge in [0.2, 0.25) is 5.43 Å². The summed E-state index contributed by atoms with van der Waals surface area (Å²) in [7, 11) is 1.43. The molecule has 2 N–H and O–H groups in total. The summed E-state index contributed by atoms with van der Waals surface area (Å²) < 4.78 is 27.7. The van der Waals surface area contributed by atoms with Crippen LogP contribution in [0.25, 0.3) is 10.9 Å². The monoisotopic (exact) mass is 540 g/mol. The molecule has 4 rings (SSSR count). The van der Waals surface area contributed by atoms with Crippen molar-refractivity contribution in [3.8, 4) is 5.75 Å². The summed E-state index contributed by atoms with van der Waals surface area (Å²) in [6.07, 6.45) is 4.11. The minimum Gasteiger partial charge on any atom is -0.492 e. The van der Waals surface area contributed by atoms with E-state index in [1.165, 1.54) is 6.20 Å². The molecule has 1 aliphatic carbocycles. The van der Waals surface area contributed by atoms with Crippen LogP contribution in [0.3, 0.4) is 0 Å². The molecule has 1 aliphatic heterocycles. The lowest BCUT2D eigenvalue weighted by Crippen LogP contribution is -2.40. The van der Waals surface area contributed by atoms with E-state index in [0.29, 0.717) is 23.7 Å². The predicted octanol–water partition coefficient (Wildman–Crippen LogP) is 1.80. The van der Waals surface area contributed by atoms with E-state index < -0.39 is 30.7 Å². The molecule has 2 aliphatic rings. The first-order valence-electron chi connectivity index (χ1n) is 12.8. The maximum atomic E-state index is 13.5. The number of piperidine rings is 1. The van der Waals surface area contributed by atoms with E-state index in [2.05, 4.69) is 11.8 Å². The predicted molar refractivity (Wildman–Crippen MR) is 143 cm³/mol. The van der Waals surface area contributed by atoms with E-state index in [9.17, 15) is 19.2 Å². The van der Waals surface area contributed by atoms with Crippen LogP contribution in [0.1, 0.15) is 56.4 Å². The van der Waals surface area contributed by atoms with Crippen molar-refractivity contribution in [2.75, 3.05) is 31.8 Å². The van der Waals surface area contributed by atoms with Gasteiger partial charge in [0, 0.05) is 39.2 Å². The summed E-state index contributed by atoms with van der Waals surface area (Å²) in [4.78, 5) is 51.5. The Balaban J connectivity index is 1.75. The summed E-state index contributed by atoms with van der Waals surface area (Å²) in [5.74, 6) is -1.67. The number of carbonyl (C=O) groups excluding carboxylic acids is 3. The second-order valence-electron chi connectivity index (χ2n) is 9.91. The number of pyridine rings is 1. The Morgan fingerprint density at radius 1 is 1.10 bits per heavy atom. The molecule has 2 atom stereocenters. The Morgan fingerprint density at radius 3 is 2.38 bits per heavy atom. The standard InChI is InChI=1S/C25H32B2N3O9/c1-14-9-17(26-36-13-28)11-29(10-14)21-8-7-19-22(24(21)35-4)30(18-5-6-18)12-20(23(19)33)25(34)39-27(37-15(2)31)38-16(3)32/h7-8,12,14,17-18H,5-6,9-11,13,28H2,1-4H3/t14?,17-/m0/s1. The van der Waals surface area contributed by atoms with Crippen molar-refractivity contribution in [2.24, 2.45) is 11.7 Å². The Morgan fingerprint density at radius 2 is 1.79 bits per heavy atom. The molecule has 0 amide bonds. The van der Waals surface area contributed by atoms with E-state index in [1.807, 2.05) is 10.6 Å². The van der Waals surface area contributed by atoms with Gasteiger partial charge >= 0.3 is 13.3 Å². The molecule has 39 heavy (non-hydrogen) atoms. The van der Waals surface area contributed by atoms with Gasteiger partial charge in [-0.3, -0.25) is 14.4 Å². The van der Waals surface area contributed by atoms with Crippen molar-refractivity contribution in [2.45, 2.75) is 51.9 Å². The third kappa shape index (κ3) is 6.56. The second-order valence-corrected chi connectivity index (χ2v) is 9.91. The molecule has 2 fully saturated rings. The van der Waals surface area contributed by atoms with Crippen LogP contribution in [-0.2, 0) is 28.2 Å². The molecule has 1 saturated heterocycles. The van der Waals surface area contributed by atoms with Crippen LogP contribution < -0.4 is 20.8 Å². The number of benzene rings is 1. The Hall–Kier alpha value is -3.51. The maximum Gasteiger partial charge on any atom is 0.870 e. The Kier molecular flexibility index (Phi) is 8.86. The molecule has 207 valence electrons. The first-order chi connectivity index (χ1) is 18.6. The van der Waals surface area contributed by atoms with Crippen molar-refractivity contribution >= 4 is 49.3 Å². The number of ether oxygens (including phenoxy) is 1. The van der Waals surface area contributed by atoms with E-state index in [0.717, 1.165) is 45.3 Å². The molecule has 0 spiro atoms. The van der Waals surface area contributed by atoms with Crippen molar-refractivity contribution in [1.29, 1.82) is 0 Å². The van der Waals surface area contributed by atoms with Crippen LogP contribution in [0.5, 0.6) is 5.75 Å². The summed E-state index contributed by atoms with van der Waals surface area (Å²) in [5.41, 5.74) is 6.04. The highest BCUT2D eigenvalue weighted by molar-refractivity contribution is 6.44. The molecule has 1 radical (unpaired) electrons. The smallest absolute Gasteiger partial charge is 0.492 e. The quantitative estimate of drug-likeness (QED) is 0.347. The number of nitrogens with zero attached hydrogens (tertiary/aromatic N) is 2. The molecule has 14 heteroatoms. The van der Waals surface area contributed by atoms with Crippen LogP contribution in [0.15, 0.2) is 23.1 Å². The molecule has 1 saturated carbocycles. The zero-order valence-electron chi connectivity index (χ0n) is 22.5. The van der Waals surface area contributed by atoms with Gasteiger partial charge in [-0.1, -0.05) is 6.92 Å². The van der Waals surface area contributed by atoms with Gasteiger partial charge in [0.05, 0.1) is 30.4 Å². The summed E-state index contributed by atoms with van der Waals surface area (Å²) in [6.45, 7) is 5.90. The SMILES string of the molecule is COc1c(N2CC(C)C[C@H]([B]OCN)C2)ccc2c(=O)c(C(=O)OB(OC(C)=O)OC(C)=O)cn(C3CC3)c12. The van der Waals surface area contributed by atoms with Gasteiger partial charge < -0.3 is 38.6 Å². The highest BCUT2D eigenvalue weighted by atomic mass is 16.8. The molecular formula is C25H32B2N3O9. The van der Waals surface area contributed by atoms with Gasteiger partial charge in [-0.05, 0) is 43.1 Å². The molecule has 1 aromatic carbocycles. The first-order valence-corrected chi connectivity index (χ1v) is 12.8. The molecule has 12 nitrogen and oxygen atoms in total. The van der Waals surface area contributed by atoms with Crippen molar-refractivity contribution < 1.29 is 37.7 Å². The maximum absolute atomic E-state index is 13.5. The normalized spacial score (nSPS) is 18.8. The Labute approximate surface area is 227 Å². The first kappa shape index (κ1) is 28.5. The third-order valence-corrected chi connectivity index (χ3v) is 6.64. The molecule has 2 aromatic rings. The number of fused-ring (bicyclic) bond motifs is 1. The van der Waals surface area contributed by atoms with Gasteiger partial charge in [-0.25, -0.2) is 4.79 Å². The summed E-state index contributed by atoms with van der Waals surface area (Å²) >= 11 is 0. The summed E-state index contributed by atoms with van der Waals surface area (Å²) in [6, 6.07) is 3.55. The lowest BCUT2D eigenvalue weighted by Gasteiger charge is -2.38. The topological polar surface area (TPSA) is 149 Å². The zero-order valence-corrected chi connectivity index (χ0v) is 22.5.